The molecule has 2 aromatic carbocycles. The summed E-state index contributed by atoms with van der Waals surface area (Å²) < 4.78 is 16.0. The van der Waals surface area contributed by atoms with E-state index in [4.69, 9.17) is 14.2 Å². The number of rotatable bonds is 5. The highest BCUT2D eigenvalue weighted by Gasteiger charge is 2.18. The summed E-state index contributed by atoms with van der Waals surface area (Å²) in [7, 11) is 2.98. The number of hydrogen-bond donors (Lipinski definition) is 1. The average Bonchev–Trinajstić information content (AvgIpc) is 2.57. The second-order valence-electron chi connectivity index (χ2n) is 4.61. The molecule has 0 spiro atoms. The highest BCUT2D eigenvalue weighted by Crippen LogP contribution is 2.37. The van der Waals surface area contributed by atoms with E-state index in [2.05, 4.69) is 37.2 Å². The first-order valence-corrected chi connectivity index (χ1v) is 8.28. The number of hydrogen-bond acceptors (Lipinski definition) is 6. The van der Waals surface area contributed by atoms with Gasteiger partial charge in [0.25, 0.3) is 5.69 Å². The largest absolute Gasteiger partial charge is 0.497 e. The normalized spacial score (nSPS) is 10.1. The topological polar surface area (TPSA) is 99.9 Å². The lowest BCUT2D eigenvalue weighted by Crippen LogP contribution is -2.17. The van der Waals surface area contributed by atoms with Gasteiger partial charge in [-0.3, -0.25) is 15.4 Å². The van der Waals surface area contributed by atoms with Crippen LogP contribution < -0.4 is 19.5 Å². The standard InChI is InChI=1S/C15H12Br2N2O6/c1-23-10-3-8(4-11(7-10)24-2)18-15(20)25-14-12(16)5-9(19(21)22)6-13(14)17/h3-7H,1-2H3,(H,18,20). The number of benzene rings is 2. The number of carbonyl (C=O) groups is 1. The van der Waals surface area contributed by atoms with Crippen LogP contribution in [-0.4, -0.2) is 25.2 Å². The quantitative estimate of drug-likeness (QED) is 0.494. The van der Waals surface area contributed by atoms with E-state index in [0.717, 1.165) is 0 Å². The summed E-state index contributed by atoms with van der Waals surface area (Å²) in [6.45, 7) is 0. The smallest absolute Gasteiger partial charge is 0.417 e. The van der Waals surface area contributed by atoms with Crippen LogP contribution >= 0.6 is 31.9 Å². The van der Waals surface area contributed by atoms with Gasteiger partial charge in [-0.25, -0.2) is 4.79 Å². The molecule has 132 valence electrons. The second kappa shape index (κ2) is 8.17. The van der Waals surface area contributed by atoms with E-state index in [-0.39, 0.29) is 20.4 Å². The summed E-state index contributed by atoms with van der Waals surface area (Å²) in [4.78, 5) is 22.4. The lowest BCUT2D eigenvalue weighted by Gasteiger charge is -2.11. The zero-order valence-electron chi connectivity index (χ0n) is 13.0. The molecular formula is C15H12Br2N2O6. The maximum atomic E-state index is 12.1. The molecule has 0 atom stereocenters. The number of amides is 1. The average molecular weight is 476 g/mol. The predicted octanol–water partition coefficient (Wildman–Crippen LogP) is 4.75. The Bertz CT molecular complexity index is 782. The van der Waals surface area contributed by atoms with Crippen LogP contribution in [0.25, 0.3) is 0 Å². The molecule has 0 aliphatic rings. The van der Waals surface area contributed by atoms with Crippen LogP contribution in [0.15, 0.2) is 39.3 Å². The summed E-state index contributed by atoms with van der Waals surface area (Å²) in [6.07, 6.45) is -0.787. The van der Waals surface area contributed by atoms with Crippen molar-refractivity contribution in [3.05, 3.63) is 49.4 Å². The first-order chi connectivity index (χ1) is 11.8. The highest BCUT2D eigenvalue weighted by atomic mass is 79.9. The van der Waals surface area contributed by atoms with E-state index in [1.165, 1.54) is 26.4 Å². The minimum Gasteiger partial charge on any atom is -0.497 e. The summed E-state index contributed by atoms with van der Waals surface area (Å²) in [5, 5.41) is 13.4. The lowest BCUT2D eigenvalue weighted by molar-refractivity contribution is -0.385. The Morgan fingerprint density at radius 2 is 1.56 bits per heavy atom. The monoisotopic (exact) mass is 474 g/mol. The first-order valence-electron chi connectivity index (χ1n) is 6.69. The third-order valence-electron chi connectivity index (χ3n) is 2.99. The molecule has 0 aliphatic carbocycles. The Balaban J connectivity index is 2.19. The van der Waals surface area contributed by atoms with Gasteiger partial charge in [0, 0.05) is 30.3 Å². The van der Waals surface area contributed by atoms with Crippen LogP contribution in [0.4, 0.5) is 16.2 Å². The van der Waals surface area contributed by atoms with Crippen molar-refractivity contribution in [2.75, 3.05) is 19.5 Å². The molecule has 0 radical (unpaired) electrons. The number of nitrogens with zero attached hydrogens (tertiary/aromatic N) is 1. The molecule has 0 aliphatic heterocycles. The van der Waals surface area contributed by atoms with E-state index in [9.17, 15) is 14.9 Å². The molecule has 0 aromatic heterocycles. The number of nitrogens with one attached hydrogen (secondary N) is 1. The second-order valence-corrected chi connectivity index (χ2v) is 6.32. The number of nitro benzene ring substituents is 1. The van der Waals surface area contributed by atoms with Crippen molar-refractivity contribution in [3.8, 4) is 17.2 Å². The highest BCUT2D eigenvalue weighted by molar-refractivity contribution is 9.11. The van der Waals surface area contributed by atoms with Gasteiger partial charge < -0.3 is 14.2 Å². The molecule has 1 amide bonds. The van der Waals surface area contributed by atoms with Gasteiger partial charge in [0.2, 0.25) is 0 Å². The lowest BCUT2D eigenvalue weighted by atomic mass is 10.3. The van der Waals surface area contributed by atoms with Crippen molar-refractivity contribution in [2.24, 2.45) is 0 Å². The van der Waals surface area contributed by atoms with Gasteiger partial charge in [0.15, 0.2) is 5.75 Å². The van der Waals surface area contributed by atoms with Gasteiger partial charge in [-0.2, -0.15) is 0 Å². The van der Waals surface area contributed by atoms with E-state index in [1.54, 1.807) is 18.2 Å². The molecule has 2 rings (SSSR count). The van der Waals surface area contributed by atoms with E-state index in [0.29, 0.717) is 17.2 Å². The Kier molecular flexibility index (Phi) is 6.21. The predicted molar refractivity (Wildman–Crippen MR) is 97.7 cm³/mol. The third-order valence-corrected chi connectivity index (χ3v) is 4.16. The van der Waals surface area contributed by atoms with Gasteiger partial charge in [-0.05, 0) is 31.9 Å². The zero-order chi connectivity index (χ0) is 18.6. The molecule has 0 bridgehead atoms. The summed E-state index contributed by atoms with van der Waals surface area (Å²) in [5.41, 5.74) is 0.249. The third kappa shape index (κ3) is 4.83. The van der Waals surface area contributed by atoms with Crippen molar-refractivity contribution in [1.82, 2.24) is 0 Å². The molecule has 2 aromatic rings. The summed E-state index contributed by atoms with van der Waals surface area (Å²) in [6, 6.07) is 7.30. The fraction of sp³-hybridized carbons (Fsp3) is 0.133. The number of methoxy groups -OCH3 is 2. The Labute approximate surface area is 159 Å². The number of anilines is 1. The molecule has 0 saturated carbocycles. The maximum Gasteiger partial charge on any atom is 0.417 e. The minimum atomic E-state index is -0.787. The van der Waals surface area contributed by atoms with Gasteiger partial charge in [-0.15, -0.1) is 0 Å². The number of non-ortho nitro benzene ring substituents is 1. The van der Waals surface area contributed by atoms with Crippen LogP contribution in [0.2, 0.25) is 0 Å². The number of ether oxygens (including phenoxy) is 3. The van der Waals surface area contributed by atoms with E-state index >= 15 is 0 Å². The van der Waals surface area contributed by atoms with Crippen molar-refractivity contribution < 1.29 is 23.9 Å². The zero-order valence-corrected chi connectivity index (χ0v) is 16.2. The van der Waals surface area contributed by atoms with E-state index in [1.807, 2.05) is 0 Å². The molecule has 1 N–H and O–H groups in total. The van der Waals surface area contributed by atoms with Crippen LogP contribution in [-0.2, 0) is 0 Å². The molecule has 0 fully saturated rings. The molecule has 25 heavy (non-hydrogen) atoms. The van der Waals surface area contributed by atoms with Crippen molar-refractivity contribution >= 4 is 49.3 Å². The minimum absolute atomic E-state index is 0.109. The van der Waals surface area contributed by atoms with Gasteiger partial charge in [0.05, 0.1) is 33.8 Å². The van der Waals surface area contributed by atoms with Crippen LogP contribution in [0.3, 0.4) is 0 Å². The molecule has 10 heteroatoms. The number of carbonyl (C=O) groups excluding carboxylic acids is 1. The van der Waals surface area contributed by atoms with Crippen molar-refractivity contribution in [2.45, 2.75) is 0 Å². The molecule has 0 saturated heterocycles. The van der Waals surface area contributed by atoms with Crippen molar-refractivity contribution in [1.29, 1.82) is 0 Å². The maximum absolute atomic E-state index is 12.1. The van der Waals surface area contributed by atoms with Crippen LogP contribution in [0.1, 0.15) is 0 Å². The Hall–Kier alpha value is -2.33. The van der Waals surface area contributed by atoms with Crippen molar-refractivity contribution in [3.63, 3.8) is 0 Å². The summed E-state index contributed by atoms with van der Waals surface area (Å²) >= 11 is 6.29. The Morgan fingerprint density at radius 3 is 2.00 bits per heavy atom. The van der Waals surface area contributed by atoms with Gasteiger partial charge in [-0.1, -0.05) is 0 Å². The van der Waals surface area contributed by atoms with Gasteiger partial charge >= 0.3 is 6.09 Å². The Morgan fingerprint density at radius 1 is 1.04 bits per heavy atom. The molecular weight excluding hydrogens is 464 g/mol. The van der Waals surface area contributed by atoms with Crippen LogP contribution in [0.5, 0.6) is 17.2 Å². The first kappa shape index (κ1) is 19.0. The fourth-order valence-corrected chi connectivity index (χ4v) is 3.19. The summed E-state index contributed by atoms with van der Waals surface area (Å²) in [5.74, 6) is 1.10. The molecule has 0 unspecified atom stereocenters. The number of halogens is 2. The molecule has 0 heterocycles. The SMILES string of the molecule is COc1cc(NC(=O)Oc2c(Br)cc([N+](=O)[O-])cc2Br)cc(OC)c1. The molecule has 8 nitrogen and oxygen atoms in total. The fourth-order valence-electron chi connectivity index (χ4n) is 1.87. The van der Waals surface area contributed by atoms with E-state index < -0.39 is 11.0 Å². The van der Waals surface area contributed by atoms with Gasteiger partial charge in [0.1, 0.15) is 11.5 Å². The number of nitro groups is 1. The van der Waals surface area contributed by atoms with Crippen LogP contribution in [0, 0.1) is 10.1 Å².